The number of carbonyl (C=O) groups excluding carboxylic acids is 1. The molecule has 0 fully saturated rings. The van der Waals surface area contributed by atoms with Gasteiger partial charge in [-0.2, -0.15) is 5.26 Å². The quantitative estimate of drug-likeness (QED) is 0.738. The molecular formula is C15H12N4O2. The lowest BCUT2D eigenvalue weighted by atomic mass is 10.0. The lowest BCUT2D eigenvalue weighted by Crippen LogP contribution is -2.27. The number of anilines is 2. The molecule has 1 aromatic carbocycles. The second-order valence-corrected chi connectivity index (χ2v) is 4.82. The monoisotopic (exact) mass is 280 g/mol. The van der Waals surface area contributed by atoms with Crippen molar-refractivity contribution >= 4 is 17.3 Å². The van der Waals surface area contributed by atoms with Gasteiger partial charge in [0.25, 0.3) is 5.56 Å². The van der Waals surface area contributed by atoms with Gasteiger partial charge in [0.05, 0.1) is 17.9 Å². The van der Waals surface area contributed by atoms with Gasteiger partial charge < -0.3 is 15.6 Å². The molecular weight excluding hydrogens is 268 g/mol. The van der Waals surface area contributed by atoms with E-state index in [-0.39, 0.29) is 23.6 Å². The third-order valence-corrected chi connectivity index (χ3v) is 3.40. The molecule has 2 heterocycles. The van der Waals surface area contributed by atoms with E-state index in [2.05, 4.69) is 15.6 Å². The average Bonchev–Trinajstić information content (AvgIpc) is 2.47. The van der Waals surface area contributed by atoms with Crippen LogP contribution < -0.4 is 16.2 Å². The number of hydrogen-bond acceptors (Lipinski definition) is 4. The molecule has 21 heavy (non-hydrogen) atoms. The Kier molecular flexibility index (Phi) is 2.95. The number of aromatic nitrogens is 1. The van der Waals surface area contributed by atoms with Crippen molar-refractivity contribution in [2.75, 3.05) is 17.2 Å². The molecule has 0 saturated carbocycles. The molecule has 1 aliphatic rings. The first-order chi connectivity index (χ1) is 10.1. The summed E-state index contributed by atoms with van der Waals surface area (Å²) in [5.41, 5.74) is 3.57. The third-order valence-electron chi connectivity index (χ3n) is 3.40. The minimum absolute atomic E-state index is 0.0783. The van der Waals surface area contributed by atoms with Crippen molar-refractivity contribution in [3.8, 4) is 17.2 Å². The van der Waals surface area contributed by atoms with E-state index in [1.807, 2.05) is 18.2 Å². The van der Waals surface area contributed by atoms with Gasteiger partial charge in [0, 0.05) is 11.3 Å². The van der Waals surface area contributed by atoms with E-state index in [9.17, 15) is 9.59 Å². The van der Waals surface area contributed by atoms with Gasteiger partial charge in [-0.25, -0.2) is 0 Å². The second-order valence-electron chi connectivity index (χ2n) is 4.82. The maximum atomic E-state index is 11.6. The molecule has 0 spiro atoms. The lowest BCUT2D eigenvalue weighted by Gasteiger charge is -2.19. The van der Waals surface area contributed by atoms with Gasteiger partial charge in [0.15, 0.2) is 0 Å². The molecule has 2 aromatic rings. The number of pyridine rings is 1. The molecule has 104 valence electrons. The minimum Gasteiger partial charge on any atom is -0.374 e. The van der Waals surface area contributed by atoms with Gasteiger partial charge in [-0.3, -0.25) is 9.59 Å². The van der Waals surface area contributed by atoms with Crippen LogP contribution >= 0.6 is 0 Å². The number of aryl methyl sites for hydroxylation is 1. The smallest absolute Gasteiger partial charge is 0.266 e. The summed E-state index contributed by atoms with van der Waals surface area (Å²) in [4.78, 5) is 25.6. The Morgan fingerprint density at radius 1 is 1.19 bits per heavy atom. The normalized spacial score (nSPS) is 12.9. The van der Waals surface area contributed by atoms with E-state index in [1.54, 1.807) is 19.1 Å². The molecule has 6 heteroatoms. The van der Waals surface area contributed by atoms with Crippen molar-refractivity contribution in [3.63, 3.8) is 0 Å². The molecule has 0 atom stereocenters. The van der Waals surface area contributed by atoms with Gasteiger partial charge in [-0.05, 0) is 30.7 Å². The van der Waals surface area contributed by atoms with E-state index < -0.39 is 0 Å². The minimum atomic E-state index is -0.387. The zero-order valence-corrected chi connectivity index (χ0v) is 11.3. The van der Waals surface area contributed by atoms with Gasteiger partial charge >= 0.3 is 0 Å². The highest BCUT2D eigenvalue weighted by atomic mass is 16.2. The van der Waals surface area contributed by atoms with Crippen LogP contribution in [0.1, 0.15) is 11.3 Å². The van der Waals surface area contributed by atoms with E-state index in [1.165, 1.54) is 0 Å². The van der Waals surface area contributed by atoms with Crippen molar-refractivity contribution in [2.45, 2.75) is 6.92 Å². The predicted molar refractivity (Wildman–Crippen MR) is 79.1 cm³/mol. The SMILES string of the molecule is Cc1[nH]c(=O)c(C#N)cc1-c1ccc2c(c1)NCC(=O)N2. The topological polar surface area (TPSA) is 97.8 Å². The largest absolute Gasteiger partial charge is 0.374 e. The molecule has 0 radical (unpaired) electrons. The third kappa shape index (κ3) is 2.25. The average molecular weight is 280 g/mol. The van der Waals surface area contributed by atoms with Crippen LogP contribution in [-0.4, -0.2) is 17.4 Å². The molecule has 0 bridgehead atoms. The van der Waals surface area contributed by atoms with Crippen LogP contribution in [0.25, 0.3) is 11.1 Å². The number of H-pyrrole nitrogens is 1. The van der Waals surface area contributed by atoms with Gasteiger partial charge in [0.1, 0.15) is 11.6 Å². The standard InChI is InChI=1S/C15H12N4O2/c1-8-11(4-10(6-16)15(21)18-8)9-2-3-12-13(5-9)17-7-14(20)19-12/h2-5,17H,7H2,1H3,(H,18,21)(H,19,20). The lowest BCUT2D eigenvalue weighted by molar-refractivity contribution is -0.114. The molecule has 1 aromatic heterocycles. The number of nitrogens with one attached hydrogen (secondary N) is 3. The summed E-state index contributed by atoms with van der Waals surface area (Å²) in [6, 6.07) is 8.99. The highest BCUT2D eigenvalue weighted by molar-refractivity contribution is 6.01. The summed E-state index contributed by atoms with van der Waals surface area (Å²) in [6.45, 7) is 2.01. The van der Waals surface area contributed by atoms with E-state index in [0.29, 0.717) is 5.69 Å². The Morgan fingerprint density at radius 2 is 2.00 bits per heavy atom. The van der Waals surface area contributed by atoms with Crippen LogP contribution in [0.5, 0.6) is 0 Å². The van der Waals surface area contributed by atoms with Crippen molar-refractivity contribution in [1.82, 2.24) is 4.98 Å². The van der Waals surface area contributed by atoms with Gasteiger partial charge in [-0.1, -0.05) is 6.07 Å². The van der Waals surface area contributed by atoms with E-state index >= 15 is 0 Å². The van der Waals surface area contributed by atoms with Crippen LogP contribution in [0.4, 0.5) is 11.4 Å². The number of hydrogen-bond donors (Lipinski definition) is 3. The first-order valence-corrected chi connectivity index (χ1v) is 6.40. The fourth-order valence-electron chi connectivity index (χ4n) is 2.34. The zero-order valence-electron chi connectivity index (χ0n) is 11.3. The molecule has 1 amide bonds. The fourth-order valence-corrected chi connectivity index (χ4v) is 2.34. The van der Waals surface area contributed by atoms with Crippen LogP contribution in [-0.2, 0) is 4.79 Å². The number of benzene rings is 1. The summed E-state index contributed by atoms with van der Waals surface area (Å²) in [5, 5.41) is 14.8. The first kappa shape index (κ1) is 12.9. The van der Waals surface area contributed by atoms with E-state index in [4.69, 9.17) is 5.26 Å². The molecule has 3 N–H and O–H groups in total. The molecule has 0 unspecified atom stereocenters. The Balaban J connectivity index is 2.12. The van der Waals surface area contributed by atoms with Crippen LogP contribution in [0.3, 0.4) is 0 Å². The summed E-state index contributed by atoms with van der Waals surface area (Å²) in [7, 11) is 0. The summed E-state index contributed by atoms with van der Waals surface area (Å²) < 4.78 is 0. The summed E-state index contributed by atoms with van der Waals surface area (Å²) in [6.07, 6.45) is 0. The Labute approximate surface area is 120 Å². The molecule has 6 nitrogen and oxygen atoms in total. The number of carbonyl (C=O) groups is 1. The van der Waals surface area contributed by atoms with Crippen molar-refractivity contribution in [1.29, 1.82) is 5.26 Å². The Bertz CT molecular complexity index is 846. The van der Waals surface area contributed by atoms with E-state index in [0.717, 1.165) is 22.5 Å². The Morgan fingerprint density at radius 3 is 2.76 bits per heavy atom. The highest BCUT2D eigenvalue weighted by Gasteiger charge is 2.15. The summed E-state index contributed by atoms with van der Waals surface area (Å²) >= 11 is 0. The maximum absolute atomic E-state index is 11.6. The predicted octanol–water partition coefficient (Wildman–Crippen LogP) is 1.59. The fraction of sp³-hybridized carbons (Fsp3) is 0.133. The first-order valence-electron chi connectivity index (χ1n) is 6.40. The highest BCUT2D eigenvalue weighted by Crippen LogP contribution is 2.31. The zero-order chi connectivity index (χ0) is 15.0. The second kappa shape index (κ2) is 4.80. The number of rotatable bonds is 1. The van der Waals surface area contributed by atoms with Gasteiger partial charge in [0.2, 0.25) is 5.91 Å². The number of nitriles is 1. The summed E-state index contributed by atoms with van der Waals surface area (Å²) in [5.74, 6) is -0.0813. The van der Waals surface area contributed by atoms with Gasteiger partial charge in [-0.15, -0.1) is 0 Å². The molecule has 0 saturated heterocycles. The van der Waals surface area contributed by atoms with Crippen LogP contribution in [0.15, 0.2) is 29.1 Å². The molecule has 3 rings (SSSR count). The van der Waals surface area contributed by atoms with Crippen LogP contribution in [0.2, 0.25) is 0 Å². The molecule has 1 aliphatic heterocycles. The maximum Gasteiger partial charge on any atom is 0.266 e. The van der Waals surface area contributed by atoms with Crippen LogP contribution in [0, 0.1) is 18.3 Å². The Hall–Kier alpha value is -3.07. The van der Waals surface area contributed by atoms with Crippen molar-refractivity contribution < 1.29 is 4.79 Å². The number of fused-ring (bicyclic) bond motifs is 1. The number of nitrogens with zero attached hydrogens (tertiary/aromatic N) is 1. The van der Waals surface area contributed by atoms with Crippen molar-refractivity contribution in [3.05, 3.63) is 45.9 Å². The molecule has 0 aliphatic carbocycles. The number of amides is 1. The van der Waals surface area contributed by atoms with Crippen molar-refractivity contribution in [2.24, 2.45) is 0 Å². The number of aromatic amines is 1.